The molecule has 3 nitrogen and oxygen atoms in total. The third-order valence-electron chi connectivity index (χ3n) is 3.69. The predicted octanol–water partition coefficient (Wildman–Crippen LogP) is 3.99. The van der Waals surface area contributed by atoms with Crippen LogP contribution >= 0.6 is 11.8 Å². The number of thioether (sulfide) groups is 1. The van der Waals surface area contributed by atoms with Gasteiger partial charge in [0, 0.05) is 6.54 Å². The van der Waals surface area contributed by atoms with Gasteiger partial charge in [-0.3, -0.25) is 14.5 Å². The van der Waals surface area contributed by atoms with Crippen molar-refractivity contribution >= 4 is 23.6 Å². The van der Waals surface area contributed by atoms with E-state index in [0.717, 1.165) is 18.6 Å². The molecule has 1 heterocycles. The van der Waals surface area contributed by atoms with E-state index in [1.165, 1.54) is 29.9 Å². The second-order valence-corrected chi connectivity index (χ2v) is 6.56. The van der Waals surface area contributed by atoms with E-state index in [-0.39, 0.29) is 11.8 Å². The Balaban J connectivity index is 1.69. The number of imide groups is 1. The maximum atomic E-state index is 12.1. The van der Waals surface area contributed by atoms with Crippen molar-refractivity contribution in [2.45, 2.75) is 39.0 Å². The van der Waals surface area contributed by atoms with Gasteiger partial charge in [0.15, 0.2) is 0 Å². The topological polar surface area (TPSA) is 37.4 Å². The summed E-state index contributed by atoms with van der Waals surface area (Å²) in [6.45, 7) is 2.76. The predicted molar refractivity (Wildman–Crippen MR) is 87.9 cm³/mol. The van der Waals surface area contributed by atoms with Gasteiger partial charge in [0.05, 0.1) is 11.1 Å². The third-order valence-corrected chi connectivity index (χ3v) is 4.85. The Labute approximate surface area is 131 Å². The summed E-state index contributed by atoms with van der Waals surface area (Å²) < 4.78 is 0. The third kappa shape index (κ3) is 4.10. The van der Waals surface area contributed by atoms with Gasteiger partial charge in [-0.2, -0.15) is 11.8 Å². The highest BCUT2D eigenvalue weighted by atomic mass is 32.2. The maximum absolute atomic E-state index is 12.1. The molecule has 0 fully saturated rings. The zero-order chi connectivity index (χ0) is 15.1. The van der Waals surface area contributed by atoms with Gasteiger partial charge in [0.2, 0.25) is 0 Å². The first-order valence-corrected chi connectivity index (χ1v) is 8.94. The molecule has 0 N–H and O–H groups in total. The van der Waals surface area contributed by atoms with E-state index in [1.54, 1.807) is 24.3 Å². The molecular formula is C17H23NO2S. The molecule has 0 saturated heterocycles. The molecule has 1 aromatic rings. The minimum absolute atomic E-state index is 0.133. The molecule has 0 unspecified atom stereocenters. The average Bonchev–Trinajstić information content (AvgIpc) is 2.75. The van der Waals surface area contributed by atoms with E-state index in [2.05, 4.69) is 6.92 Å². The summed E-state index contributed by atoms with van der Waals surface area (Å²) in [5.74, 6) is 2.07. The van der Waals surface area contributed by atoms with Gasteiger partial charge >= 0.3 is 0 Å². The lowest BCUT2D eigenvalue weighted by Crippen LogP contribution is -2.30. The van der Waals surface area contributed by atoms with Crippen molar-refractivity contribution in [2.24, 2.45) is 0 Å². The molecule has 0 aromatic heterocycles. The SMILES string of the molecule is CCCCCSCCCCN1C(=O)c2ccccc2C1=O. The Bertz CT molecular complexity index is 466. The first kappa shape index (κ1) is 16.1. The summed E-state index contributed by atoms with van der Waals surface area (Å²) in [6, 6.07) is 7.08. The number of amides is 2. The fourth-order valence-corrected chi connectivity index (χ4v) is 3.49. The fourth-order valence-electron chi connectivity index (χ4n) is 2.47. The Morgan fingerprint density at radius 3 is 2.05 bits per heavy atom. The minimum Gasteiger partial charge on any atom is -0.274 e. The standard InChI is InChI=1S/C17H23NO2S/c1-2-3-7-12-21-13-8-6-11-18-16(19)14-9-4-5-10-15(14)17(18)20/h4-5,9-10H,2-3,6-8,11-13H2,1H3. The van der Waals surface area contributed by atoms with E-state index in [1.807, 2.05) is 11.8 Å². The summed E-state index contributed by atoms with van der Waals surface area (Å²) >= 11 is 1.98. The van der Waals surface area contributed by atoms with Crippen molar-refractivity contribution in [3.63, 3.8) is 0 Å². The highest BCUT2D eigenvalue weighted by molar-refractivity contribution is 7.99. The number of fused-ring (bicyclic) bond motifs is 1. The van der Waals surface area contributed by atoms with Crippen LogP contribution in [-0.2, 0) is 0 Å². The molecule has 2 amide bonds. The minimum atomic E-state index is -0.133. The number of rotatable bonds is 9. The first-order valence-electron chi connectivity index (χ1n) is 7.78. The van der Waals surface area contributed by atoms with E-state index >= 15 is 0 Å². The van der Waals surface area contributed by atoms with Gasteiger partial charge in [-0.1, -0.05) is 31.9 Å². The van der Waals surface area contributed by atoms with Gasteiger partial charge in [-0.05, 0) is 42.9 Å². The summed E-state index contributed by atoms with van der Waals surface area (Å²) in [7, 11) is 0. The zero-order valence-corrected chi connectivity index (χ0v) is 13.5. The fraction of sp³-hybridized carbons (Fsp3) is 0.529. The van der Waals surface area contributed by atoms with Crippen LogP contribution in [0.3, 0.4) is 0 Å². The molecule has 0 atom stereocenters. The maximum Gasteiger partial charge on any atom is 0.261 e. The molecule has 0 bridgehead atoms. The molecule has 21 heavy (non-hydrogen) atoms. The highest BCUT2D eigenvalue weighted by Gasteiger charge is 2.34. The molecule has 0 aliphatic carbocycles. The molecule has 1 aromatic carbocycles. The van der Waals surface area contributed by atoms with E-state index in [9.17, 15) is 9.59 Å². The summed E-state index contributed by atoms with van der Waals surface area (Å²) in [4.78, 5) is 25.7. The molecule has 0 saturated carbocycles. The van der Waals surface area contributed by atoms with Crippen molar-refractivity contribution in [3.05, 3.63) is 35.4 Å². The van der Waals surface area contributed by atoms with Crippen LogP contribution in [0.1, 0.15) is 59.7 Å². The van der Waals surface area contributed by atoms with Crippen molar-refractivity contribution in [2.75, 3.05) is 18.1 Å². The number of carbonyl (C=O) groups excluding carboxylic acids is 2. The van der Waals surface area contributed by atoms with E-state index < -0.39 is 0 Å². The zero-order valence-electron chi connectivity index (χ0n) is 12.6. The van der Waals surface area contributed by atoms with Gasteiger partial charge in [-0.15, -0.1) is 0 Å². The summed E-state index contributed by atoms with van der Waals surface area (Å²) in [5, 5.41) is 0. The molecule has 1 aliphatic rings. The van der Waals surface area contributed by atoms with Crippen LogP contribution in [0.15, 0.2) is 24.3 Å². The quantitative estimate of drug-likeness (QED) is 0.511. The molecular weight excluding hydrogens is 282 g/mol. The second-order valence-electron chi connectivity index (χ2n) is 5.33. The van der Waals surface area contributed by atoms with Crippen LogP contribution < -0.4 is 0 Å². The normalized spacial score (nSPS) is 13.9. The van der Waals surface area contributed by atoms with Gasteiger partial charge in [0.25, 0.3) is 11.8 Å². The number of hydrogen-bond acceptors (Lipinski definition) is 3. The van der Waals surface area contributed by atoms with E-state index in [4.69, 9.17) is 0 Å². The number of unbranched alkanes of at least 4 members (excludes halogenated alkanes) is 3. The number of nitrogens with zero attached hydrogens (tertiary/aromatic N) is 1. The van der Waals surface area contributed by atoms with Crippen LogP contribution in [0.4, 0.5) is 0 Å². The Hall–Kier alpha value is -1.29. The first-order chi connectivity index (χ1) is 10.3. The Kier molecular flexibility index (Phi) is 6.30. The van der Waals surface area contributed by atoms with Crippen molar-refractivity contribution < 1.29 is 9.59 Å². The average molecular weight is 305 g/mol. The van der Waals surface area contributed by atoms with E-state index in [0.29, 0.717) is 17.7 Å². The smallest absolute Gasteiger partial charge is 0.261 e. The lowest BCUT2D eigenvalue weighted by molar-refractivity contribution is 0.0652. The molecule has 0 spiro atoms. The van der Waals surface area contributed by atoms with Gasteiger partial charge in [-0.25, -0.2) is 0 Å². The molecule has 1 aliphatic heterocycles. The van der Waals surface area contributed by atoms with Crippen LogP contribution in [0, 0.1) is 0 Å². The molecule has 114 valence electrons. The summed E-state index contributed by atoms with van der Waals surface area (Å²) in [6.07, 6.45) is 5.82. The van der Waals surface area contributed by atoms with Gasteiger partial charge in [0.1, 0.15) is 0 Å². The number of benzene rings is 1. The molecule has 4 heteroatoms. The lowest BCUT2D eigenvalue weighted by atomic mass is 10.1. The Morgan fingerprint density at radius 2 is 1.48 bits per heavy atom. The Morgan fingerprint density at radius 1 is 0.905 bits per heavy atom. The largest absolute Gasteiger partial charge is 0.274 e. The van der Waals surface area contributed by atoms with Crippen LogP contribution in [0.5, 0.6) is 0 Å². The monoisotopic (exact) mass is 305 g/mol. The van der Waals surface area contributed by atoms with Crippen LogP contribution in [-0.4, -0.2) is 34.8 Å². The van der Waals surface area contributed by atoms with Crippen LogP contribution in [0.2, 0.25) is 0 Å². The van der Waals surface area contributed by atoms with Gasteiger partial charge < -0.3 is 0 Å². The number of hydrogen-bond donors (Lipinski definition) is 0. The summed E-state index contributed by atoms with van der Waals surface area (Å²) in [5.41, 5.74) is 1.10. The van der Waals surface area contributed by atoms with Crippen molar-refractivity contribution in [1.29, 1.82) is 0 Å². The molecule has 2 rings (SSSR count). The molecule has 0 radical (unpaired) electrons. The lowest BCUT2D eigenvalue weighted by Gasteiger charge is -2.13. The van der Waals surface area contributed by atoms with Crippen molar-refractivity contribution in [1.82, 2.24) is 4.90 Å². The highest BCUT2D eigenvalue weighted by Crippen LogP contribution is 2.22. The number of carbonyl (C=O) groups is 2. The van der Waals surface area contributed by atoms with Crippen LogP contribution in [0.25, 0.3) is 0 Å². The van der Waals surface area contributed by atoms with Crippen molar-refractivity contribution in [3.8, 4) is 0 Å². The second kappa shape index (κ2) is 8.23.